The molecule has 26 heavy (non-hydrogen) atoms. The van der Waals surface area contributed by atoms with Gasteiger partial charge < -0.3 is 10.1 Å². The molecule has 1 aliphatic rings. The highest BCUT2D eigenvalue weighted by atomic mass is 16.5. The van der Waals surface area contributed by atoms with Crippen LogP contribution in [-0.4, -0.2) is 36.0 Å². The summed E-state index contributed by atoms with van der Waals surface area (Å²) in [5.41, 5.74) is 4.04. The standard InChI is InChI=1S/C21H24N2O3/c1-15-8-9-18(16(2)12-15)22-20(24)13-19-21(25)26-11-10-23(19)14-17-6-4-3-5-7-17/h3-9,12,19H,10-11,13-14H2,1-2H3,(H,22,24)/t19-/m0/s1. The smallest absolute Gasteiger partial charge is 0.323 e. The zero-order valence-corrected chi connectivity index (χ0v) is 15.2. The Morgan fingerprint density at radius 2 is 1.96 bits per heavy atom. The number of morpholine rings is 1. The van der Waals surface area contributed by atoms with Gasteiger partial charge in [-0.3, -0.25) is 14.5 Å². The maximum Gasteiger partial charge on any atom is 0.323 e. The Labute approximate surface area is 154 Å². The summed E-state index contributed by atoms with van der Waals surface area (Å²) < 4.78 is 5.19. The molecule has 1 N–H and O–H groups in total. The van der Waals surface area contributed by atoms with E-state index in [-0.39, 0.29) is 18.3 Å². The summed E-state index contributed by atoms with van der Waals surface area (Å²) in [6.07, 6.45) is 0.0823. The highest BCUT2D eigenvalue weighted by Crippen LogP contribution is 2.19. The molecular formula is C21H24N2O3. The predicted molar refractivity (Wildman–Crippen MR) is 101 cm³/mol. The van der Waals surface area contributed by atoms with Crippen molar-refractivity contribution in [3.8, 4) is 0 Å². The molecule has 1 heterocycles. The number of benzene rings is 2. The molecule has 5 heteroatoms. The first-order valence-electron chi connectivity index (χ1n) is 8.84. The van der Waals surface area contributed by atoms with Crippen LogP contribution in [0.3, 0.4) is 0 Å². The van der Waals surface area contributed by atoms with Crippen LogP contribution in [0.4, 0.5) is 5.69 Å². The average Bonchev–Trinajstić information content (AvgIpc) is 2.61. The monoisotopic (exact) mass is 352 g/mol. The van der Waals surface area contributed by atoms with Gasteiger partial charge in [0.1, 0.15) is 12.6 Å². The SMILES string of the molecule is Cc1ccc(NC(=O)C[C@H]2C(=O)OCCN2Cc2ccccc2)c(C)c1. The van der Waals surface area contributed by atoms with Gasteiger partial charge in [0.05, 0.1) is 6.42 Å². The molecule has 136 valence electrons. The van der Waals surface area contributed by atoms with Gasteiger partial charge in [0, 0.05) is 18.8 Å². The lowest BCUT2D eigenvalue weighted by atomic mass is 10.1. The van der Waals surface area contributed by atoms with E-state index in [1.54, 1.807) is 0 Å². The van der Waals surface area contributed by atoms with E-state index in [0.29, 0.717) is 19.7 Å². The van der Waals surface area contributed by atoms with Crippen LogP contribution in [0.15, 0.2) is 48.5 Å². The second-order valence-electron chi connectivity index (χ2n) is 6.71. The van der Waals surface area contributed by atoms with Crippen molar-refractivity contribution < 1.29 is 14.3 Å². The van der Waals surface area contributed by atoms with Gasteiger partial charge in [-0.2, -0.15) is 0 Å². The Morgan fingerprint density at radius 1 is 1.19 bits per heavy atom. The Morgan fingerprint density at radius 3 is 2.69 bits per heavy atom. The first-order valence-corrected chi connectivity index (χ1v) is 8.84. The van der Waals surface area contributed by atoms with Gasteiger partial charge in [-0.1, -0.05) is 48.0 Å². The molecule has 0 saturated carbocycles. The molecule has 2 aromatic rings. The third kappa shape index (κ3) is 4.49. The lowest BCUT2D eigenvalue weighted by Crippen LogP contribution is -2.49. The van der Waals surface area contributed by atoms with Crippen LogP contribution >= 0.6 is 0 Å². The Kier molecular flexibility index (Phi) is 5.68. The van der Waals surface area contributed by atoms with Crippen LogP contribution in [0.25, 0.3) is 0 Å². The van der Waals surface area contributed by atoms with E-state index in [1.807, 2.05) is 67.3 Å². The van der Waals surface area contributed by atoms with Crippen LogP contribution < -0.4 is 5.32 Å². The second kappa shape index (κ2) is 8.15. The first kappa shape index (κ1) is 18.1. The van der Waals surface area contributed by atoms with Gasteiger partial charge in [-0.25, -0.2) is 0 Å². The summed E-state index contributed by atoms with van der Waals surface area (Å²) in [5.74, 6) is -0.512. The van der Waals surface area contributed by atoms with Crippen molar-refractivity contribution in [2.75, 3.05) is 18.5 Å². The molecule has 0 spiro atoms. The van der Waals surface area contributed by atoms with E-state index in [1.165, 1.54) is 0 Å². The number of amides is 1. The third-order valence-electron chi connectivity index (χ3n) is 4.60. The van der Waals surface area contributed by atoms with Gasteiger partial charge in [-0.05, 0) is 31.0 Å². The number of rotatable bonds is 5. The van der Waals surface area contributed by atoms with Crippen LogP contribution in [0, 0.1) is 13.8 Å². The van der Waals surface area contributed by atoms with Crippen molar-refractivity contribution in [1.29, 1.82) is 0 Å². The van der Waals surface area contributed by atoms with Gasteiger partial charge in [0.15, 0.2) is 0 Å². The van der Waals surface area contributed by atoms with E-state index in [2.05, 4.69) is 5.32 Å². The fourth-order valence-electron chi connectivity index (χ4n) is 3.21. The average molecular weight is 352 g/mol. The number of carbonyl (C=O) groups excluding carboxylic acids is 2. The van der Waals surface area contributed by atoms with Crippen molar-refractivity contribution in [2.45, 2.75) is 32.9 Å². The number of hydrogen-bond donors (Lipinski definition) is 1. The molecule has 5 nitrogen and oxygen atoms in total. The molecular weight excluding hydrogens is 328 g/mol. The zero-order chi connectivity index (χ0) is 18.5. The fourth-order valence-corrected chi connectivity index (χ4v) is 3.21. The minimum absolute atomic E-state index is 0.0823. The summed E-state index contributed by atoms with van der Waals surface area (Å²) in [7, 11) is 0. The third-order valence-corrected chi connectivity index (χ3v) is 4.60. The molecule has 0 bridgehead atoms. The van der Waals surface area contributed by atoms with Gasteiger partial charge >= 0.3 is 5.97 Å². The molecule has 2 aromatic carbocycles. The molecule has 3 rings (SSSR count). The molecule has 1 aliphatic heterocycles. The number of esters is 1. The highest BCUT2D eigenvalue weighted by Gasteiger charge is 2.33. The quantitative estimate of drug-likeness (QED) is 0.840. The van der Waals surface area contributed by atoms with Crippen molar-refractivity contribution in [1.82, 2.24) is 4.90 Å². The number of aryl methyl sites for hydroxylation is 2. The second-order valence-corrected chi connectivity index (χ2v) is 6.71. The van der Waals surface area contributed by atoms with Crippen molar-refractivity contribution in [3.05, 3.63) is 65.2 Å². The van der Waals surface area contributed by atoms with Crippen LogP contribution in [0.5, 0.6) is 0 Å². The maximum absolute atomic E-state index is 12.5. The lowest BCUT2D eigenvalue weighted by Gasteiger charge is -2.33. The van der Waals surface area contributed by atoms with E-state index >= 15 is 0 Å². The number of ether oxygens (including phenoxy) is 1. The normalized spacial score (nSPS) is 17.6. The molecule has 1 amide bonds. The molecule has 1 atom stereocenters. The molecule has 0 unspecified atom stereocenters. The predicted octanol–water partition coefficient (Wildman–Crippen LogP) is 3.06. The number of carbonyl (C=O) groups is 2. The Hall–Kier alpha value is -2.66. The largest absolute Gasteiger partial charge is 0.463 e. The molecule has 0 aliphatic carbocycles. The first-order chi connectivity index (χ1) is 12.5. The Balaban J connectivity index is 1.68. The molecule has 0 radical (unpaired) electrons. The minimum Gasteiger partial charge on any atom is -0.463 e. The summed E-state index contributed by atoms with van der Waals surface area (Å²) in [6, 6.07) is 15.3. The number of cyclic esters (lactones) is 1. The summed E-state index contributed by atoms with van der Waals surface area (Å²) in [4.78, 5) is 26.8. The van der Waals surface area contributed by atoms with Crippen molar-refractivity contribution in [2.24, 2.45) is 0 Å². The van der Waals surface area contributed by atoms with Gasteiger partial charge in [-0.15, -0.1) is 0 Å². The number of nitrogens with one attached hydrogen (secondary N) is 1. The summed E-state index contributed by atoms with van der Waals surface area (Å²) >= 11 is 0. The molecule has 1 fully saturated rings. The molecule has 1 saturated heterocycles. The lowest BCUT2D eigenvalue weighted by molar-refractivity contribution is -0.159. The minimum atomic E-state index is -0.560. The van der Waals surface area contributed by atoms with Gasteiger partial charge in [0.25, 0.3) is 0 Å². The Bertz CT molecular complexity index is 789. The van der Waals surface area contributed by atoms with Crippen LogP contribution in [-0.2, 0) is 20.9 Å². The van der Waals surface area contributed by atoms with E-state index < -0.39 is 6.04 Å². The topological polar surface area (TPSA) is 58.6 Å². The van der Waals surface area contributed by atoms with Gasteiger partial charge in [0.2, 0.25) is 5.91 Å². The number of nitrogens with zero attached hydrogens (tertiary/aromatic N) is 1. The van der Waals surface area contributed by atoms with Crippen LogP contribution in [0.1, 0.15) is 23.1 Å². The zero-order valence-electron chi connectivity index (χ0n) is 15.2. The number of anilines is 1. The summed E-state index contributed by atoms with van der Waals surface area (Å²) in [6.45, 7) is 5.58. The number of hydrogen-bond acceptors (Lipinski definition) is 4. The molecule has 0 aromatic heterocycles. The summed E-state index contributed by atoms with van der Waals surface area (Å²) in [5, 5.41) is 2.92. The highest BCUT2D eigenvalue weighted by molar-refractivity contribution is 5.95. The van der Waals surface area contributed by atoms with Crippen molar-refractivity contribution in [3.63, 3.8) is 0 Å². The van der Waals surface area contributed by atoms with E-state index in [9.17, 15) is 9.59 Å². The van der Waals surface area contributed by atoms with E-state index in [4.69, 9.17) is 4.74 Å². The fraction of sp³-hybridized carbons (Fsp3) is 0.333. The van der Waals surface area contributed by atoms with E-state index in [0.717, 1.165) is 22.4 Å². The van der Waals surface area contributed by atoms with Crippen molar-refractivity contribution >= 4 is 17.6 Å². The van der Waals surface area contributed by atoms with Crippen LogP contribution in [0.2, 0.25) is 0 Å². The maximum atomic E-state index is 12.5.